The second-order valence-electron chi connectivity index (χ2n) is 10.9. The number of hydrogen-bond donors (Lipinski definition) is 4. The van der Waals surface area contributed by atoms with Gasteiger partial charge in [0, 0.05) is 12.6 Å². The second kappa shape index (κ2) is 15.4. The summed E-state index contributed by atoms with van der Waals surface area (Å²) in [5.74, 6) is -0.536. The highest BCUT2D eigenvalue weighted by Crippen LogP contribution is 2.28. The first-order valence-electron chi connectivity index (χ1n) is 13.3. The number of rotatable bonds is 14. The molecule has 210 valence electrons. The van der Waals surface area contributed by atoms with Gasteiger partial charge in [0.15, 0.2) is 0 Å². The monoisotopic (exact) mass is 521 g/mol. The number of phenolic OH excluding ortho intramolecular Hbond substituents is 1. The predicted octanol–water partition coefficient (Wildman–Crippen LogP) is 4.28. The zero-order valence-corrected chi connectivity index (χ0v) is 23.5. The van der Waals surface area contributed by atoms with E-state index >= 15 is 0 Å². The number of hydrogen-bond acceptors (Lipinski definition) is 6. The number of aliphatic hydroxyl groups excluding tert-OH is 1. The minimum Gasteiger partial charge on any atom is -0.508 e. The van der Waals surface area contributed by atoms with Crippen LogP contribution in [0.15, 0.2) is 24.3 Å². The van der Waals surface area contributed by atoms with Crippen molar-refractivity contribution in [2.24, 2.45) is 5.92 Å². The lowest BCUT2D eigenvalue weighted by molar-refractivity contribution is -0.146. The lowest BCUT2D eigenvalue weighted by atomic mass is 9.97. The Bertz CT molecular complexity index is 850. The van der Waals surface area contributed by atoms with Crippen molar-refractivity contribution in [1.29, 1.82) is 0 Å². The molecule has 9 heteroatoms. The fourth-order valence-corrected chi connectivity index (χ4v) is 3.91. The quantitative estimate of drug-likeness (QED) is 0.271. The van der Waals surface area contributed by atoms with Gasteiger partial charge in [0.25, 0.3) is 0 Å². The van der Waals surface area contributed by atoms with Gasteiger partial charge in [-0.15, -0.1) is 0 Å². The average Bonchev–Trinajstić information content (AvgIpc) is 2.81. The van der Waals surface area contributed by atoms with Crippen LogP contribution in [-0.4, -0.2) is 63.9 Å². The van der Waals surface area contributed by atoms with E-state index in [1.54, 1.807) is 32.9 Å². The number of aliphatic hydroxyl groups is 1. The molecule has 3 atom stereocenters. The first-order valence-corrected chi connectivity index (χ1v) is 13.3. The van der Waals surface area contributed by atoms with Crippen LogP contribution < -0.4 is 10.6 Å². The molecule has 0 fully saturated rings. The van der Waals surface area contributed by atoms with Gasteiger partial charge in [-0.2, -0.15) is 0 Å². The van der Waals surface area contributed by atoms with E-state index in [2.05, 4.69) is 31.4 Å². The van der Waals surface area contributed by atoms with Crippen molar-refractivity contribution in [1.82, 2.24) is 15.5 Å². The number of unbranched alkanes of at least 4 members (excludes halogenated alkanes) is 2. The van der Waals surface area contributed by atoms with Crippen molar-refractivity contribution in [3.63, 3.8) is 0 Å². The fraction of sp³-hybridized carbons (Fsp3) is 0.679. The number of alkyl carbamates (subject to hydrolysis) is 1. The number of carbonyl (C=O) groups is 3. The van der Waals surface area contributed by atoms with E-state index in [0.29, 0.717) is 24.4 Å². The van der Waals surface area contributed by atoms with Gasteiger partial charge in [-0.3, -0.25) is 9.59 Å². The van der Waals surface area contributed by atoms with Crippen molar-refractivity contribution in [2.45, 2.75) is 104 Å². The number of nitrogens with zero attached hydrogens (tertiary/aromatic N) is 1. The van der Waals surface area contributed by atoms with Crippen LogP contribution in [0, 0.1) is 5.92 Å². The van der Waals surface area contributed by atoms with Gasteiger partial charge >= 0.3 is 6.09 Å². The maximum absolute atomic E-state index is 13.9. The lowest BCUT2D eigenvalue weighted by Crippen LogP contribution is -2.56. The van der Waals surface area contributed by atoms with Crippen LogP contribution in [0.2, 0.25) is 0 Å². The number of phenols is 1. The fourth-order valence-electron chi connectivity index (χ4n) is 3.91. The summed E-state index contributed by atoms with van der Waals surface area (Å²) in [6.45, 7) is 13.0. The van der Waals surface area contributed by atoms with Crippen molar-refractivity contribution >= 4 is 17.9 Å². The molecule has 0 saturated carbocycles. The zero-order chi connectivity index (χ0) is 28.2. The Kier molecular flexibility index (Phi) is 13.4. The summed E-state index contributed by atoms with van der Waals surface area (Å²) in [5, 5.41) is 25.3. The Morgan fingerprint density at radius 2 is 1.65 bits per heavy atom. The molecule has 3 unspecified atom stereocenters. The summed E-state index contributed by atoms with van der Waals surface area (Å²) >= 11 is 0. The molecule has 0 heterocycles. The molecule has 0 aliphatic carbocycles. The standard InChI is InChI=1S/C28H47N3O6/c1-8-9-10-17-29-25(34)24(21-13-15-22(33)16-14-21)31(20(4)12-11-19(2)3)26(35)23(18-32)30-27(36)37-28(5,6)7/h13-16,19-20,23-24,32-33H,8-12,17-18H2,1-7H3,(H,29,34)(H,30,36). The van der Waals surface area contributed by atoms with E-state index < -0.39 is 36.3 Å². The van der Waals surface area contributed by atoms with Gasteiger partial charge in [-0.25, -0.2) is 4.79 Å². The maximum atomic E-state index is 13.9. The van der Waals surface area contributed by atoms with Crippen molar-refractivity contribution < 1.29 is 29.3 Å². The normalized spacial score (nSPS) is 14.0. The Morgan fingerprint density at radius 1 is 1.03 bits per heavy atom. The number of carbonyl (C=O) groups excluding carboxylic acids is 3. The van der Waals surface area contributed by atoms with Gasteiger partial charge < -0.3 is 30.5 Å². The minimum atomic E-state index is -1.30. The van der Waals surface area contributed by atoms with Gasteiger partial charge in [-0.1, -0.05) is 45.7 Å². The van der Waals surface area contributed by atoms with Crippen molar-refractivity contribution in [3.05, 3.63) is 29.8 Å². The largest absolute Gasteiger partial charge is 0.508 e. The van der Waals surface area contributed by atoms with Crippen LogP contribution in [0.5, 0.6) is 5.75 Å². The predicted molar refractivity (Wildman–Crippen MR) is 144 cm³/mol. The molecule has 0 saturated heterocycles. The van der Waals surface area contributed by atoms with Crippen LogP contribution in [0.25, 0.3) is 0 Å². The molecule has 0 spiro atoms. The van der Waals surface area contributed by atoms with E-state index in [0.717, 1.165) is 25.7 Å². The molecule has 0 aliphatic heterocycles. The molecule has 0 aliphatic rings. The molecule has 0 radical (unpaired) electrons. The highest BCUT2D eigenvalue weighted by Gasteiger charge is 2.38. The maximum Gasteiger partial charge on any atom is 0.408 e. The summed E-state index contributed by atoms with van der Waals surface area (Å²) in [7, 11) is 0. The molecular formula is C28H47N3O6. The first kappa shape index (κ1) is 32.2. The van der Waals surface area contributed by atoms with Crippen LogP contribution in [0.1, 0.15) is 92.2 Å². The van der Waals surface area contributed by atoms with Crippen LogP contribution in [0.4, 0.5) is 4.79 Å². The summed E-state index contributed by atoms with van der Waals surface area (Å²) in [4.78, 5) is 41.3. The number of nitrogens with one attached hydrogen (secondary N) is 2. The number of aromatic hydroxyl groups is 1. The third-order valence-corrected chi connectivity index (χ3v) is 5.88. The van der Waals surface area contributed by atoms with Crippen LogP contribution in [0.3, 0.4) is 0 Å². The van der Waals surface area contributed by atoms with E-state index in [9.17, 15) is 24.6 Å². The molecule has 1 aromatic rings. The van der Waals surface area contributed by atoms with E-state index in [1.807, 2.05) is 6.92 Å². The second-order valence-corrected chi connectivity index (χ2v) is 10.9. The van der Waals surface area contributed by atoms with Gasteiger partial charge in [0.1, 0.15) is 23.4 Å². The third kappa shape index (κ3) is 11.4. The zero-order valence-electron chi connectivity index (χ0n) is 23.5. The molecule has 1 rings (SSSR count). The molecule has 9 nitrogen and oxygen atoms in total. The molecule has 3 amide bonds. The van der Waals surface area contributed by atoms with E-state index in [-0.39, 0.29) is 17.7 Å². The SMILES string of the molecule is CCCCCNC(=O)C(c1ccc(O)cc1)N(C(=O)C(CO)NC(=O)OC(C)(C)C)C(C)CCC(C)C. The minimum absolute atomic E-state index is 0.0383. The lowest BCUT2D eigenvalue weighted by Gasteiger charge is -2.38. The molecule has 0 bridgehead atoms. The summed E-state index contributed by atoms with van der Waals surface area (Å²) in [6, 6.07) is 3.44. The van der Waals surface area contributed by atoms with Crippen LogP contribution >= 0.6 is 0 Å². The van der Waals surface area contributed by atoms with Crippen molar-refractivity contribution in [2.75, 3.05) is 13.2 Å². The molecule has 1 aromatic carbocycles. The Balaban J connectivity index is 3.43. The molecule has 0 aromatic heterocycles. The number of ether oxygens (including phenoxy) is 1. The smallest absolute Gasteiger partial charge is 0.408 e. The Labute approximate surface area is 222 Å². The van der Waals surface area contributed by atoms with E-state index in [4.69, 9.17) is 4.74 Å². The number of benzene rings is 1. The first-order chi connectivity index (χ1) is 17.3. The summed E-state index contributed by atoms with van der Waals surface area (Å²) in [6.07, 6.45) is 3.37. The average molecular weight is 522 g/mol. The molecular weight excluding hydrogens is 474 g/mol. The topological polar surface area (TPSA) is 128 Å². The number of amides is 3. The van der Waals surface area contributed by atoms with Gasteiger partial charge in [0.05, 0.1) is 6.61 Å². The van der Waals surface area contributed by atoms with Gasteiger partial charge in [-0.05, 0) is 70.6 Å². The van der Waals surface area contributed by atoms with Gasteiger partial charge in [0.2, 0.25) is 11.8 Å². The Hall–Kier alpha value is -2.81. The highest BCUT2D eigenvalue weighted by atomic mass is 16.6. The van der Waals surface area contributed by atoms with E-state index in [1.165, 1.54) is 17.0 Å². The molecule has 4 N–H and O–H groups in total. The third-order valence-electron chi connectivity index (χ3n) is 5.88. The molecule has 37 heavy (non-hydrogen) atoms. The van der Waals surface area contributed by atoms with Crippen LogP contribution in [-0.2, 0) is 14.3 Å². The van der Waals surface area contributed by atoms with Crippen molar-refractivity contribution in [3.8, 4) is 5.75 Å². The summed E-state index contributed by atoms with van der Waals surface area (Å²) in [5.41, 5.74) is -0.269. The summed E-state index contributed by atoms with van der Waals surface area (Å²) < 4.78 is 5.28. The highest BCUT2D eigenvalue weighted by molar-refractivity contribution is 5.92. The Morgan fingerprint density at radius 3 is 2.16 bits per heavy atom.